The number of fused-ring (bicyclic) bond motifs is 1. The number of rotatable bonds is 1. The smallest absolute Gasteiger partial charge is 0.141 e. The van der Waals surface area contributed by atoms with Gasteiger partial charge in [-0.1, -0.05) is 12.1 Å². The Bertz CT molecular complexity index is 755. The van der Waals surface area contributed by atoms with Gasteiger partial charge >= 0.3 is 0 Å². The number of aromatic nitrogens is 1. The minimum Gasteiger partial charge on any atom is -0.390 e. The first-order valence-electron chi connectivity index (χ1n) is 8.18. The highest BCUT2D eigenvalue weighted by atomic mass is 16.5. The monoisotopic (exact) mass is 314 g/mol. The zero-order valence-electron chi connectivity index (χ0n) is 15.0. The van der Waals surface area contributed by atoms with Gasteiger partial charge in [-0.2, -0.15) is 0 Å². The van der Waals surface area contributed by atoms with Gasteiger partial charge in [-0.3, -0.25) is 0 Å². The highest BCUT2D eigenvalue weighted by Gasteiger charge is 2.40. The summed E-state index contributed by atoms with van der Waals surface area (Å²) in [4.78, 5) is 0. The molecule has 4 nitrogen and oxygen atoms in total. The summed E-state index contributed by atoms with van der Waals surface area (Å²) >= 11 is 0. The van der Waals surface area contributed by atoms with E-state index in [9.17, 15) is 5.11 Å². The van der Waals surface area contributed by atoms with E-state index < -0.39 is 6.10 Å². The summed E-state index contributed by atoms with van der Waals surface area (Å²) in [5.41, 5.74) is 7.52. The Hall–Kier alpha value is -1.81. The van der Waals surface area contributed by atoms with Gasteiger partial charge in [-0.05, 0) is 69.9 Å². The fourth-order valence-corrected chi connectivity index (χ4v) is 3.98. The lowest BCUT2D eigenvalue weighted by atomic mass is 9.75. The molecule has 1 aliphatic heterocycles. The largest absolute Gasteiger partial charge is 0.390 e. The molecule has 2 aromatic rings. The highest BCUT2D eigenvalue weighted by molar-refractivity contribution is 5.79. The summed E-state index contributed by atoms with van der Waals surface area (Å²) in [5.74, 6) is 0.905. The van der Waals surface area contributed by atoms with E-state index in [0.717, 1.165) is 28.3 Å². The van der Waals surface area contributed by atoms with Crippen molar-refractivity contribution < 1.29 is 9.63 Å². The Labute approximate surface area is 137 Å². The molecule has 1 aromatic carbocycles. The second-order valence-electron chi connectivity index (χ2n) is 7.43. The van der Waals surface area contributed by atoms with Crippen molar-refractivity contribution >= 4 is 5.69 Å². The number of nitrogens with one attached hydrogen (secondary N) is 1. The molecule has 23 heavy (non-hydrogen) atoms. The molecule has 0 saturated carbocycles. The van der Waals surface area contributed by atoms with E-state index in [4.69, 9.17) is 4.52 Å². The van der Waals surface area contributed by atoms with Crippen LogP contribution in [-0.4, -0.2) is 21.9 Å². The van der Waals surface area contributed by atoms with Crippen LogP contribution in [0.1, 0.15) is 54.8 Å². The molecule has 0 amide bonds. The van der Waals surface area contributed by atoms with Crippen LogP contribution >= 0.6 is 0 Å². The maximum atomic E-state index is 10.7. The third-order valence-corrected chi connectivity index (χ3v) is 5.25. The summed E-state index contributed by atoms with van der Waals surface area (Å²) < 4.78 is 5.35. The number of nitrogens with zero attached hydrogens (tertiary/aromatic N) is 1. The molecule has 4 heteroatoms. The van der Waals surface area contributed by atoms with Gasteiger partial charge in [0, 0.05) is 17.2 Å². The summed E-state index contributed by atoms with van der Waals surface area (Å²) in [7, 11) is 0. The third-order valence-electron chi connectivity index (χ3n) is 5.25. The van der Waals surface area contributed by atoms with Crippen LogP contribution < -0.4 is 5.32 Å². The molecule has 0 bridgehead atoms. The van der Waals surface area contributed by atoms with Crippen molar-refractivity contribution in [2.24, 2.45) is 0 Å². The van der Waals surface area contributed by atoms with Gasteiger partial charge in [0.2, 0.25) is 0 Å². The Kier molecular flexibility index (Phi) is 3.56. The molecule has 1 aliphatic rings. The topological polar surface area (TPSA) is 58.3 Å². The minimum absolute atomic E-state index is 0.0698. The van der Waals surface area contributed by atoms with Crippen LogP contribution in [-0.2, 0) is 0 Å². The van der Waals surface area contributed by atoms with Gasteiger partial charge in [0.05, 0.1) is 17.3 Å². The normalized spacial score (nSPS) is 22.6. The van der Waals surface area contributed by atoms with Crippen molar-refractivity contribution in [2.45, 2.75) is 66.0 Å². The Morgan fingerprint density at radius 3 is 2.43 bits per heavy atom. The van der Waals surface area contributed by atoms with Gasteiger partial charge in [-0.25, -0.2) is 0 Å². The van der Waals surface area contributed by atoms with E-state index in [2.05, 4.69) is 37.3 Å². The maximum Gasteiger partial charge on any atom is 0.141 e. The molecule has 0 spiro atoms. The molecule has 3 rings (SSSR count). The summed E-state index contributed by atoms with van der Waals surface area (Å²) in [6, 6.07) is 2.20. The van der Waals surface area contributed by atoms with E-state index in [0.29, 0.717) is 0 Å². The molecule has 0 radical (unpaired) electrons. The second-order valence-corrected chi connectivity index (χ2v) is 7.43. The minimum atomic E-state index is -0.437. The molecule has 0 unspecified atom stereocenters. The van der Waals surface area contributed by atoms with Crippen molar-refractivity contribution in [1.82, 2.24) is 5.16 Å². The van der Waals surface area contributed by atoms with Crippen molar-refractivity contribution in [1.29, 1.82) is 0 Å². The van der Waals surface area contributed by atoms with Crippen LogP contribution in [0.2, 0.25) is 0 Å². The van der Waals surface area contributed by atoms with Gasteiger partial charge in [0.1, 0.15) is 5.76 Å². The molecular formula is C19H26N2O2. The van der Waals surface area contributed by atoms with Crippen molar-refractivity contribution in [3.8, 4) is 11.1 Å². The quantitative estimate of drug-likeness (QED) is 0.826. The molecule has 1 aromatic heterocycles. The van der Waals surface area contributed by atoms with E-state index in [1.54, 1.807) is 0 Å². The Morgan fingerprint density at radius 1 is 1.22 bits per heavy atom. The fraction of sp³-hybridized carbons (Fsp3) is 0.526. The predicted octanol–water partition coefficient (Wildman–Crippen LogP) is 4.24. The molecule has 124 valence electrons. The molecule has 2 atom stereocenters. The molecule has 0 fully saturated rings. The molecule has 2 heterocycles. The van der Waals surface area contributed by atoms with Crippen LogP contribution in [0.15, 0.2) is 10.6 Å². The van der Waals surface area contributed by atoms with Crippen LogP contribution in [0.3, 0.4) is 0 Å². The third kappa shape index (κ3) is 2.27. The zero-order valence-corrected chi connectivity index (χ0v) is 15.0. The standard InChI is InChI=1S/C19H26N2O2/c1-9-8-14(16-12(4)21-23-13(16)5)10(2)15-11(3)18(22)19(6,7)20-17(9)15/h8,11,18,20,22H,1-7H3/t11-,18+/m1/s1. The number of aliphatic hydroxyl groups excluding tert-OH is 1. The van der Waals surface area contributed by atoms with Crippen molar-refractivity contribution in [3.63, 3.8) is 0 Å². The number of anilines is 1. The maximum absolute atomic E-state index is 10.7. The average molecular weight is 314 g/mol. The summed E-state index contributed by atoms with van der Waals surface area (Å²) in [5, 5.41) is 18.3. The number of aliphatic hydroxyl groups is 1. The van der Waals surface area contributed by atoms with Crippen LogP contribution in [0.4, 0.5) is 5.69 Å². The van der Waals surface area contributed by atoms with Gasteiger partial charge in [0.15, 0.2) is 0 Å². The van der Waals surface area contributed by atoms with E-state index >= 15 is 0 Å². The average Bonchev–Trinajstić information content (AvgIpc) is 2.79. The van der Waals surface area contributed by atoms with Crippen molar-refractivity contribution in [3.05, 3.63) is 34.2 Å². The molecule has 0 aliphatic carbocycles. The van der Waals surface area contributed by atoms with E-state index in [1.165, 1.54) is 16.7 Å². The number of benzene rings is 1. The second kappa shape index (κ2) is 5.10. The van der Waals surface area contributed by atoms with Crippen LogP contribution in [0, 0.1) is 27.7 Å². The lowest BCUT2D eigenvalue weighted by Gasteiger charge is -2.44. The Morgan fingerprint density at radius 2 is 1.87 bits per heavy atom. The number of hydrogen-bond donors (Lipinski definition) is 2. The lowest BCUT2D eigenvalue weighted by molar-refractivity contribution is 0.0866. The van der Waals surface area contributed by atoms with E-state index in [-0.39, 0.29) is 11.5 Å². The molecule has 2 N–H and O–H groups in total. The first-order chi connectivity index (χ1) is 10.6. The molecule has 0 saturated heterocycles. The first-order valence-corrected chi connectivity index (χ1v) is 8.18. The van der Waals surface area contributed by atoms with E-state index in [1.807, 2.05) is 27.7 Å². The fourth-order valence-electron chi connectivity index (χ4n) is 3.98. The van der Waals surface area contributed by atoms with Gasteiger partial charge < -0.3 is 14.9 Å². The summed E-state index contributed by atoms with van der Waals surface area (Å²) in [6.07, 6.45) is -0.437. The molecular weight excluding hydrogens is 288 g/mol. The lowest BCUT2D eigenvalue weighted by Crippen LogP contribution is -2.50. The van der Waals surface area contributed by atoms with Crippen LogP contribution in [0.25, 0.3) is 11.1 Å². The highest BCUT2D eigenvalue weighted by Crippen LogP contribution is 2.46. The zero-order chi connectivity index (χ0) is 17.1. The van der Waals surface area contributed by atoms with Gasteiger partial charge in [-0.15, -0.1) is 0 Å². The number of aryl methyl sites for hydroxylation is 3. The SMILES string of the molecule is Cc1cc(-c2c(C)noc2C)c(C)c2c1NC(C)(C)[C@@H](O)[C@@H]2C. The first kappa shape index (κ1) is 16.1. The van der Waals surface area contributed by atoms with Crippen molar-refractivity contribution in [2.75, 3.05) is 5.32 Å². The number of hydrogen-bond acceptors (Lipinski definition) is 4. The summed E-state index contributed by atoms with van der Waals surface area (Å²) in [6.45, 7) is 14.4. The Balaban J connectivity index is 2.28. The van der Waals surface area contributed by atoms with Gasteiger partial charge in [0.25, 0.3) is 0 Å². The van der Waals surface area contributed by atoms with Crippen LogP contribution in [0.5, 0.6) is 0 Å². The predicted molar refractivity (Wildman–Crippen MR) is 93.0 cm³/mol.